The van der Waals surface area contributed by atoms with Crippen LogP contribution in [0, 0.1) is 12.8 Å². The number of aromatic nitrogens is 2. The number of nitrogens with zero attached hydrogens (tertiary/aromatic N) is 3. The molecule has 2 rings (SSSR count). The number of carbonyl (C=O) groups excluding carboxylic acids is 1. The molecule has 1 aliphatic heterocycles. The quantitative estimate of drug-likeness (QED) is 0.804. The number of likely N-dealkylation sites (tertiary alicyclic amines) is 1. The Hall–Kier alpha value is -1.85. The molecule has 0 unspecified atom stereocenters. The van der Waals surface area contributed by atoms with Gasteiger partial charge >= 0.3 is 5.97 Å². The molecule has 2 atom stereocenters. The second-order valence-electron chi connectivity index (χ2n) is 4.41. The van der Waals surface area contributed by atoms with Crippen LogP contribution in [0.1, 0.15) is 23.7 Å². The van der Waals surface area contributed by atoms with Gasteiger partial charge in [-0.05, 0) is 6.92 Å². The van der Waals surface area contributed by atoms with E-state index in [1.165, 1.54) is 4.90 Å². The summed E-state index contributed by atoms with van der Waals surface area (Å²) in [6.07, 6.45) is 1.70. The van der Waals surface area contributed by atoms with E-state index in [0.717, 1.165) is 11.3 Å². The van der Waals surface area contributed by atoms with Crippen molar-refractivity contribution in [1.29, 1.82) is 0 Å². The third-order valence-electron chi connectivity index (χ3n) is 3.50. The molecule has 6 heteroatoms. The molecule has 1 aliphatic rings. The first kappa shape index (κ1) is 11.6. The fourth-order valence-electron chi connectivity index (χ4n) is 2.32. The van der Waals surface area contributed by atoms with E-state index in [4.69, 9.17) is 0 Å². The van der Waals surface area contributed by atoms with Crippen LogP contribution in [0.25, 0.3) is 0 Å². The van der Waals surface area contributed by atoms with E-state index < -0.39 is 17.9 Å². The highest BCUT2D eigenvalue weighted by atomic mass is 16.4. The van der Waals surface area contributed by atoms with Crippen molar-refractivity contribution in [3.63, 3.8) is 0 Å². The summed E-state index contributed by atoms with van der Waals surface area (Å²) >= 11 is 0. The molecular weight excluding hydrogens is 222 g/mol. The van der Waals surface area contributed by atoms with Crippen molar-refractivity contribution in [2.75, 3.05) is 7.05 Å². The molecule has 0 aliphatic carbocycles. The minimum Gasteiger partial charge on any atom is -0.481 e. The van der Waals surface area contributed by atoms with Crippen LogP contribution in [-0.2, 0) is 16.6 Å². The molecule has 0 radical (unpaired) electrons. The fourth-order valence-corrected chi connectivity index (χ4v) is 2.32. The van der Waals surface area contributed by atoms with Gasteiger partial charge in [0.1, 0.15) is 0 Å². The van der Waals surface area contributed by atoms with Crippen LogP contribution in [-0.4, -0.2) is 38.7 Å². The average molecular weight is 237 g/mol. The third kappa shape index (κ3) is 1.69. The van der Waals surface area contributed by atoms with Crippen LogP contribution >= 0.6 is 0 Å². The summed E-state index contributed by atoms with van der Waals surface area (Å²) in [6.45, 7) is 1.87. The van der Waals surface area contributed by atoms with Gasteiger partial charge in [0.2, 0.25) is 5.91 Å². The molecule has 17 heavy (non-hydrogen) atoms. The molecular formula is C11H15N3O3. The summed E-state index contributed by atoms with van der Waals surface area (Å²) in [5.41, 5.74) is 1.70. The molecule has 1 aromatic rings. The van der Waals surface area contributed by atoms with Crippen molar-refractivity contribution in [1.82, 2.24) is 14.7 Å². The number of aryl methyl sites for hydroxylation is 1. The maximum atomic E-state index is 11.6. The van der Waals surface area contributed by atoms with Gasteiger partial charge in [-0.3, -0.25) is 14.3 Å². The van der Waals surface area contributed by atoms with Gasteiger partial charge < -0.3 is 10.0 Å². The Morgan fingerprint density at radius 3 is 2.65 bits per heavy atom. The van der Waals surface area contributed by atoms with E-state index in [1.807, 2.05) is 6.92 Å². The lowest BCUT2D eigenvalue weighted by Crippen LogP contribution is -2.27. The second kappa shape index (κ2) is 3.87. The lowest BCUT2D eigenvalue weighted by atomic mass is 9.94. The number of hydrogen-bond acceptors (Lipinski definition) is 3. The van der Waals surface area contributed by atoms with E-state index in [1.54, 1.807) is 25.0 Å². The maximum Gasteiger partial charge on any atom is 0.309 e. The Morgan fingerprint density at radius 1 is 1.53 bits per heavy atom. The van der Waals surface area contributed by atoms with E-state index in [-0.39, 0.29) is 12.3 Å². The van der Waals surface area contributed by atoms with Crippen molar-refractivity contribution < 1.29 is 14.7 Å². The average Bonchev–Trinajstić information content (AvgIpc) is 2.73. The minimum atomic E-state index is -0.934. The number of carboxylic acids is 1. The molecule has 6 nitrogen and oxygen atoms in total. The van der Waals surface area contributed by atoms with Gasteiger partial charge in [0.25, 0.3) is 0 Å². The van der Waals surface area contributed by atoms with Crippen molar-refractivity contribution in [2.45, 2.75) is 19.4 Å². The number of amides is 1. The zero-order valence-electron chi connectivity index (χ0n) is 10.0. The lowest BCUT2D eigenvalue weighted by molar-refractivity contribution is -0.142. The SMILES string of the molecule is Cc1c([C@H]2[C@H](C(=O)O)CC(=O)N2C)cnn1C. The predicted molar refractivity (Wildman–Crippen MR) is 59.2 cm³/mol. The van der Waals surface area contributed by atoms with Gasteiger partial charge in [-0.15, -0.1) is 0 Å². The monoisotopic (exact) mass is 237 g/mol. The number of aliphatic carboxylic acids is 1. The van der Waals surface area contributed by atoms with Crippen molar-refractivity contribution >= 4 is 11.9 Å². The van der Waals surface area contributed by atoms with Gasteiger partial charge in [0, 0.05) is 31.8 Å². The summed E-state index contributed by atoms with van der Waals surface area (Å²) in [7, 11) is 3.44. The van der Waals surface area contributed by atoms with Gasteiger partial charge in [-0.1, -0.05) is 0 Å². The van der Waals surface area contributed by atoms with Crippen molar-refractivity contribution in [3.8, 4) is 0 Å². The summed E-state index contributed by atoms with van der Waals surface area (Å²) in [6, 6.07) is -0.409. The van der Waals surface area contributed by atoms with Gasteiger partial charge in [-0.25, -0.2) is 0 Å². The summed E-state index contributed by atoms with van der Waals surface area (Å²) in [5.74, 6) is -1.75. The Kier molecular flexibility index (Phi) is 2.65. The van der Waals surface area contributed by atoms with Crippen LogP contribution < -0.4 is 0 Å². The van der Waals surface area contributed by atoms with Crippen LogP contribution in [0.4, 0.5) is 0 Å². The molecule has 1 aromatic heterocycles. The Morgan fingerprint density at radius 2 is 2.18 bits per heavy atom. The normalized spacial score (nSPS) is 24.4. The molecule has 1 amide bonds. The zero-order chi connectivity index (χ0) is 12.7. The number of carboxylic acid groups (broad SMARTS) is 1. The zero-order valence-corrected chi connectivity index (χ0v) is 10.0. The first-order valence-corrected chi connectivity index (χ1v) is 5.40. The smallest absolute Gasteiger partial charge is 0.309 e. The van der Waals surface area contributed by atoms with Crippen LogP contribution in [0.15, 0.2) is 6.20 Å². The third-order valence-corrected chi connectivity index (χ3v) is 3.50. The second-order valence-corrected chi connectivity index (χ2v) is 4.41. The van der Waals surface area contributed by atoms with E-state index >= 15 is 0 Å². The van der Waals surface area contributed by atoms with E-state index in [0.29, 0.717) is 0 Å². The molecule has 1 N–H and O–H groups in total. The summed E-state index contributed by atoms with van der Waals surface area (Å²) in [5, 5.41) is 13.3. The molecule has 92 valence electrons. The van der Waals surface area contributed by atoms with E-state index in [2.05, 4.69) is 5.10 Å². The molecule has 1 saturated heterocycles. The highest BCUT2D eigenvalue weighted by molar-refractivity contribution is 5.87. The largest absolute Gasteiger partial charge is 0.481 e. The van der Waals surface area contributed by atoms with E-state index in [9.17, 15) is 14.7 Å². The Labute approximate surface area is 98.8 Å². The standard InChI is InChI=1S/C11H15N3O3/c1-6-8(5-12-14(6)3)10-7(11(16)17)4-9(15)13(10)2/h5,7,10H,4H2,1-3H3,(H,16,17)/t7-,10-/m1/s1. The Balaban J connectivity index is 2.44. The first-order valence-electron chi connectivity index (χ1n) is 5.40. The molecule has 0 spiro atoms. The number of hydrogen-bond donors (Lipinski definition) is 1. The fraction of sp³-hybridized carbons (Fsp3) is 0.545. The van der Waals surface area contributed by atoms with Crippen LogP contribution in [0.5, 0.6) is 0 Å². The molecule has 0 saturated carbocycles. The molecule has 0 aromatic carbocycles. The topological polar surface area (TPSA) is 75.4 Å². The minimum absolute atomic E-state index is 0.0604. The highest BCUT2D eigenvalue weighted by Gasteiger charge is 2.44. The highest BCUT2D eigenvalue weighted by Crippen LogP contribution is 2.38. The van der Waals surface area contributed by atoms with Crippen molar-refractivity contribution in [2.24, 2.45) is 13.0 Å². The van der Waals surface area contributed by atoms with Crippen LogP contribution in [0.3, 0.4) is 0 Å². The predicted octanol–water partition coefficient (Wildman–Crippen LogP) is 0.333. The molecule has 1 fully saturated rings. The number of rotatable bonds is 2. The van der Waals surface area contributed by atoms with Gasteiger partial charge in [0.15, 0.2) is 0 Å². The van der Waals surface area contributed by atoms with Crippen LogP contribution in [0.2, 0.25) is 0 Å². The maximum absolute atomic E-state index is 11.6. The summed E-state index contributed by atoms with van der Waals surface area (Å²) in [4.78, 5) is 24.3. The molecule has 0 bridgehead atoms. The first-order chi connectivity index (χ1) is 7.93. The lowest BCUT2D eigenvalue weighted by Gasteiger charge is -2.22. The number of carbonyl (C=O) groups is 2. The molecule has 2 heterocycles. The van der Waals surface area contributed by atoms with Crippen molar-refractivity contribution in [3.05, 3.63) is 17.5 Å². The Bertz CT molecular complexity index is 480. The van der Waals surface area contributed by atoms with Gasteiger partial charge in [-0.2, -0.15) is 5.10 Å². The summed E-state index contributed by atoms with van der Waals surface area (Å²) < 4.78 is 1.69. The van der Waals surface area contributed by atoms with Gasteiger partial charge in [0.05, 0.1) is 18.2 Å².